The molecular weight excluding hydrogens is 260 g/mol. The smallest absolute Gasteiger partial charge is 0.118 e. The second kappa shape index (κ2) is 7.28. The minimum atomic E-state index is 0.105. The van der Waals surface area contributed by atoms with Gasteiger partial charge in [0.15, 0.2) is 0 Å². The zero-order chi connectivity index (χ0) is 15.3. The Balaban J connectivity index is 2.20. The lowest BCUT2D eigenvalue weighted by molar-refractivity contribution is 0.0864. The Morgan fingerprint density at radius 2 is 1.62 bits per heavy atom. The van der Waals surface area contributed by atoms with Crippen molar-refractivity contribution in [1.82, 2.24) is 10.2 Å². The van der Waals surface area contributed by atoms with Gasteiger partial charge in [-0.1, -0.05) is 25.0 Å². The number of hydrogen-bond donors (Lipinski definition) is 1. The highest BCUT2D eigenvalue weighted by atomic mass is 16.5. The summed E-state index contributed by atoms with van der Waals surface area (Å²) in [5, 5.41) is 3.53. The van der Waals surface area contributed by atoms with E-state index >= 15 is 0 Å². The minimum absolute atomic E-state index is 0.105. The molecule has 1 aromatic rings. The SMILES string of the molecule is CNC(c1ccc(OC)cc1)C(C)(C)N1CCCCCC1. The number of benzene rings is 1. The zero-order valence-corrected chi connectivity index (χ0v) is 14.0. The number of hydrogen-bond acceptors (Lipinski definition) is 3. The summed E-state index contributed by atoms with van der Waals surface area (Å²) < 4.78 is 5.27. The van der Waals surface area contributed by atoms with Crippen LogP contribution < -0.4 is 10.1 Å². The maximum atomic E-state index is 5.27. The second-order valence-corrected chi connectivity index (χ2v) is 6.55. The van der Waals surface area contributed by atoms with Gasteiger partial charge in [0.25, 0.3) is 0 Å². The molecule has 0 aliphatic carbocycles. The number of nitrogens with zero attached hydrogens (tertiary/aromatic N) is 1. The van der Waals surface area contributed by atoms with Crippen molar-refractivity contribution < 1.29 is 4.74 Å². The molecule has 3 nitrogen and oxygen atoms in total. The average molecular weight is 290 g/mol. The number of rotatable bonds is 5. The summed E-state index contributed by atoms with van der Waals surface area (Å²) in [6, 6.07) is 8.79. The Kier molecular flexibility index (Phi) is 5.65. The molecule has 0 aromatic heterocycles. The van der Waals surface area contributed by atoms with E-state index in [2.05, 4.69) is 55.4 Å². The van der Waals surface area contributed by atoms with E-state index in [1.54, 1.807) is 7.11 Å². The third kappa shape index (κ3) is 3.78. The number of likely N-dealkylation sites (N-methyl/N-ethyl adjacent to an activating group) is 1. The van der Waals surface area contributed by atoms with Crippen LogP contribution in [0.15, 0.2) is 24.3 Å². The van der Waals surface area contributed by atoms with Crippen LogP contribution in [-0.2, 0) is 0 Å². The van der Waals surface area contributed by atoms with Gasteiger partial charge in [0.1, 0.15) is 5.75 Å². The first-order valence-corrected chi connectivity index (χ1v) is 8.16. The van der Waals surface area contributed by atoms with Crippen LogP contribution in [0.4, 0.5) is 0 Å². The Morgan fingerprint density at radius 3 is 2.10 bits per heavy atom. The Morgan fingerprint density at radius 1 is 1.05 bits per heavy atom. The summed E-state index contributed by atoms with van der Waals surface area (Å²) >= 11 is 0. The molecule has 1 N–H and O–H groups in total. The highest BCUT2D eigenvalue weighted by Crippen LogP contribution is 2.33. The van der Waals surface area contributed by atoms with Crippen LogP contribution in [0.5, 0.6) is 5.75 Å². The van der Waals surface area contributed by atoms with Gasteiger partial charge >= 0.3 is 0 Å². The van der Waals surface area contributed by atoms with Crippen LogP contribution in [0.25, 0.3) is 0 Å². The van der Waals surface area contributed by atoms with E-state index < -0.39 is 0 Å². The Hall–Kier alpha value is -1.06. The summed E-state index contributed by atoms with van der Waals surface area (Å²) in [6.45, 7) is 7.15. The maximum absolute atomic E-state index is 5.27. The zero-order valence-electron chi connectivity index (χ0n) is 14.0. The summed E-state index contributed by atoms with van der Waals surface area (Å²) in [4.78, 5) is 2.66. The molecule has 0 amide bonds. The van der Waals surface area contributed by atoms with Gasteiger partial charge < -0.3 is 10.1 Å². The molecule has 1 aliphatic heterocycles. The fourth-order valence-corrected chi connectivity index (χ4v) is 3.55. The van der Waals surface area contributed by atoms with E-state index in [1.165, 1.54) is 44.3 Å². The highest BCUT2D eigenvalue weighted by Gasteiger charge is 2.35. The van der Waals surface area contributed by atoms with Gasteiger partial charge in [0.2, 0.25) is 0 Å². The predicted octanol–water partition coefficient (Wildman–Crippen LogP) is 3.61. The molecule has 118 valence electrons. The molecule has 0 spiro atoms. The van der Waals surface area contributed by atoms with Gasteiger partial charge in [-0.2, -0.15) is 0 Å². The first-order valence-electron chi connectivity index (χ1n) is 8.16. The van der Waals surface area contributed by atoms with Crippen LogP contribution in [0.2, 0.25) is 0 Å². The maximum Gasteiger partial charge on any atom is 0.118 e. The molecule has 0 bridgehead atoms. The van der Waals surface area contributed by atoms with Crippen molar-refractivity contribution in [3.05, 3.63) is 29.8 Å². The first-order chi connectivity index (χ1) is 10.1. The third-order valence-corrected chi connectivity index (χ3v) is 4.87. The van der Waals surface area contributed by atoms with Gasteiger partial charge in [-0.15, -0.1) is 0 Å². The summed E-state index contributed by atoms with van der Waals surface area (Å²) in [7, 11) is 3.78. The highest BCUT2D eigenvalue weighted by molar-refractivity contribution is 5.30. The third-order valence-electron chi connectivity index (χ3n) is 4.87. The van der Waals surface area contributed by atoms with Crippen molar-refractivity contribution in [2.75, 3.05) is 27.2 Å². The molecule has 2 rings (SSSR count). The lowest BCUT2D eigenvalue weighted by Crippen LogP contribution is -2.52. The lowest BCUT2D eigenvalue weighted by atomic mass is 9.86. The largest absolute Gasteiger partial charge is 0.497 e. The molecule has 3 heteroatoms. The molecule has 21 heavy (non-hydrogen) atoms. The fourth-order valence-electron chi connectivity index (χ4n) is 3.55. The predicted molar refractivity (Wildman–Crippen MR) is 88.9 cm³/mol. The van der Waals surface area contributed by atoms with Crippen LogP contribution in [0.1, 0.15) is 51.1 Å². The summed E-state index contributed by atoms with van der Waals surface area (Å²) in [5.74, 6) is 0.918. The molecule has 1 aromatic carbocycles. The molecular formula is C18H30N2O. The van der Waals surface area contributed by atoms with E-state index in [-0.39, 0.29) is 5.54 Å². The molecule has 1 unspecified atom stereocenters. The molecule has 1 fully saturated rings. The van der Waals surface area contributed by atoms with Crippen LogP contribution in [0.3, 0.4) is 0 Å². The summed E-state index contributed by atoms with van der Waals surface area (Å²) in [5.41, 5.74) is 1.43. The first kappa shape index (κ1) is 16.3. The number of ether oxygens (including phenoxy) is 1. The second-order valence-electron chi connectivity index (χ2n) is 6.55. The summed E-state index contributed by atoms with van der Waals surface area (Å²) in [6.07, 6.45) is 5.39. The van der Waals surface area contributed by atoms with Crippen LogP contribution in [0, 0.1) is 0 Å². The van der Waals surface area contributed by atoms with E-state index in [4.69, 9.17) is 4.74 Å². The standard InChI is InChI=1S/C18H30N2O/c1-18(2,20-13-7-5-6-8-14-20)17(19-3)15-9-11-16(21-4)12-10-15/h9-12,17,19H,5-8,13-14H2,1-4H3. The molecule has 0 radical (unpaired) electrons. The van der Waals surface area contributed by atoms with Crippen molar-refractivity contribution >= 4 is 0 Å². The molecule has 1 atom stereocenters. The van der Waals surface area contributed by atoms with Crippen molar-refractivity contribution in [3.8, 4) is 5.75 Å². The van der Waals surface area contributed by atoms with Crippen LogP contribution >= 0.6 is 0 Å². The van der Waals surface area contributed by atoms with E-state index in [0.29, 0.717) is 6.04 Å². The Bertz CT molecular complexity index is 419. The Labute approximate surface area is 129 Å². The molecule has 1 saturated heterocycles. The monoisotopic (exact) mass is 290 g/mol. The number of nitrogens with one attached hydrogen (secondary N) is 1. The lowest BCUT2D eigenvalue weighted by Gasteiger charge is -2.44. The van der Waals surface area contributed by atoms with Gasteiger partial charge in [-0.3, -0.25) is 4.90 Å². The van der Waals surface area contributed by atoms with Gasteiger partial charge in [0, 0.05) is 11.6 Å². The van der Waals surface area contributed by atoms with Gasteiger partial charge in [-0.05, 0) is 64.5 Å². The van der Waals surface area contributed by atoms with E-state index in [1.807, 2.05) is 0 Å². The van der Waals surface area contributed by atoms with Crippen LogP contribution in [-0.4, -0.2) is 37.7 Å². The average Bonchev–Trinajstić information content (AvgIpc) is 2.78. The molecule has 1 aliphatic rings. The van der Waals surface area contributed by atoms with Crippen molar-refractivity contribution in [3.63, 3.8) is 0 Å². The van der Waals surface area contributed by atoms with Crippen molar-refractivity contribution in [1.29, 1.82) is 0 Å². The minimum Gasteiger partial charge on any atom is -0.497 e. The van der Waals surface area contributed by atoms with E-state index in [9.17, 15) is 0 Å². The normalized spacial score (nSPS) is 19.0. The van der Waals surface area contributed by atoms with Crippen molar-refractivity contribution in [2.24, 2.45) is 0 Å². The number of methoxy groups -OCH3 is 1. The van der Waals surface area contributed by atoms with Gasteiger partial charge in [-0.25, -0.2) is 0 Å². The van der Waals surface area contributed by atoms with Gasteiger partial charge in [0.05, 0.1) is 7.11 Å². The quantitative estimate of drug-likeness (QED) is 0.896. The topological polar surface area (TPSA) is 24.5 Å². The molecule has 0 saturated carbocycles. The number of likely N-dealkylation sites (tertiary alicyclic amines) is 1. The fraction of sp³-hybridized carbons (Fsp3) is 0.667. The van der Waals surface area contributed by atoms with E-state index in [0.717, 1.165) is 5.75 Å². The van der Waals surface area contributed by atoms with Crippen molar-refractivity contribution in [2.45, 2.75) is 51.1 Å². The molecule has 1 heterocycles.